The Balaban J connectivity index is 1.42. The van der Waals surface area contributed by atoms with Crippen LogP contribution >= 0.6 is 0 Å². The molecule has 2 fully saturated rings. The number of rotatable bonds is 3. The van der Waals surface area contributed by atoms with Gasteiger partial charge in [-0.3, -0.25) is 4.98 Å². The van der Waals surface area contributed by atoms with E-state index in [1.807, 2.05) is 43.9 Å². The third-order valence-electron chi connectivity index (χ3n) is 6.21. The minimum absolute atomic E-state index is 0.0952. The molecule has 0 radical (unpaired) electrons. The van der Waals surface area contributed by atoms with Crippen LogP contribution in [0.4, 0.5) is 10.5 Å². The maximum Gasteiger partial charge on any atom is 0.410 e. The molecule has 172 valence electrons. The molecular weight excluding hydrogens is 438 g/mol. The summed E-state index contributed by atoms with van der Waals surface area (Å²) >= 11 is 0. The smallest absolute Gasteiger partial charge is 0.410 e. The molecule has 2 aliphatic heterocycles. The molecule has 1 amide bonds. The number of ether oxygens (including phenoxy) is 1. The molecule has 3 aromatic rings. The lowest BCUT2D eigenvalue weighted by Crippen LogP contribution is -2.50. The number of fused-ring (bicyclic) bond motifs is 3. The monoisotopic (exact) mass is 465 g/mol. The molecule has 0 spiro atoms. The maximum absolute atomic E-state index is 13.0. The van der Waals surface area contributed by atoms with Gasteiger partial charge in [0.05, 0.1) is 27.0 Å². The number of carbonyl (C=O) groups excluding carboxylic acids is 1. The highest BCUT2D eigenvalue weighted by atomic mass is 32.2. The van der Waals surface area contributed by atoms with Crippen molar-refractivity contribution in [2.24, 2.45) is 0 Å². The van der Waals surface area contributed by atoms with Gasteiger partial charge in [-0.1, -0.05) is 30.3 Å². The molecule has 2 atom stereocenters. The third-order valence-corrected chi connectivity index (χ3v) is 7.94. The highest BCUT2D eigenvalue weighted by Gasteiger charge is 2.47. The summed E-state index contributed by atoms with van der Waals surface area (Å²) in [6.45, 7) is 6.93. The van der Waals surface area contributed by atoms with E-state index in [1.54, 1.807) is 36.4 Å². The van der Waals surface area contributed by atoms with E-state index in [2.05, 4.69) is 9.88 Å². The summed E-state index contributed by atoms with van der Waals surface area (Å²) in [5.41, 5.74) is 1.21. The summed E-state index contributed by atoms with van der Waals surface area (Å²) in [5, 5.41) is 0.774. The van der Waals surface area contributed by atoms with Gasteiger partial charge in [0.2, 0.25) is 9.84 Å². The highest BCUT2D eigenvalue weighted by molar-refractivity contribution is 7.91. The van der Waals surface area contributed by atoms with E-state index in [0.29, 0.717) is 13.1 Å². The summed E-state index contributed by atoms with van der Waals surface area (Å²) in [6, 6.07) is 16.2. The Labute approximate surface area is 193 Å². The van der Waals surface area contributed by atoms with E-state index in [9.17, 15) is 13.2 Å². The van der Waals surface area contributed by atoms with Gasteiger partial charge in [-0.15, -0.1) is 0 Å². The number of hydrogen-bond acceptors (Lipinski definition) is 6. The van der Waals surface area contributed by atoms with Crippen LogP contribution in [-0.4, -0.2) is 55.2 Å². The van der Waals surface area contributed by atoms with Gasteiger partial charge in [0.1, 0.15) is 5.60 Å². The Morgan fingerprint density at radius 1 is 1.00 bits per heavy atom. The second kappa shape index (κ2) is 7.73. The fourth-order valence-corrected chi connectivity index (χ4v) is 6.01. The van der Waals surface area contributed by atoms with Gasteiger partial charge in [0.15, 0.2) is 0 Å². The first-order valence-corrected chi connectivity index (χ1v) is 12.6. The molecule has 7 nitrogen and oxygen atoms in total. The predicted molar refractivity (Wildman–Crippen MR) is 126 cm³/mol. The fourth-order valence-electron chi connectivity index (χ4n) is 4.75. The molecule has 2 aliphatic rings. The normalized spacial score (nSPS) is 20.5. The first-order chi connectivity index (χ1) is 15.6. The molecule has 0 saturated carbocycles. The number of anilines is 1. The average molecular weight is 466 g/mol. The molecule has 33 heavy (non-hydrogen) atoms. The number of sulfone groups is 1. The van der Waals surface area contributed by atoms with Crippen LogP contribution in [0.5, 0.6) is 0 Å². The van der Waals surface area contributed by atoms with Gasteiger partial charge >= 0.3 is 6.09 Å². The molecule has 8 heteroatoms. The quantitative estimate of drug-likeness (QED) is 0.575. The second-order valence-electron chi connectivity index (χ2n) is 9.66. The number of nitrogens with zero attached hydrogens (tertiary/aromatic N) is 3. The molecule has 1 aromatic heterocycles. The van der Waals surface area contributed by atoms with Crippen LogP contribution in [0.3, 0.4) is 0 Å². The number of pyridine rings is 1. The standard InChI is InChI=1S/C25H27N3O4S/c1-25(2,3)32-24(29)28-16-18-13-19(28)15-27(18)22-11-7-8-17-12-21(14-26-23(17)22)33(30,31)20-9-5-4-6-10-20/h4-12,14,18-19H,13,15-16H2,1-3H3. The molecule has 3 heterocycles. The molecule has 0 aliphatic carbocycles. The summed E-state index contributed by atoms with van der Waals surface area (Å²) in [5.74, 6) is 0. The van der Waals surface area contributed by atoms with Crippen molar-refractivity contribution in [3.63, 3.8) is 0 Å². The van der Waals surface area contributed by atoms with Crippen molar-refractivity contribution in [1.82, 2.24) is 9.88 Å². The van der Waals surface area contributed by atoms with Gasteiger partial charge in [-0.2, -0.15) is 0 Å². The van der Waals surface area contributed by atoms with Crippen LogP contribution in [0.1, 0.15) is 27.2 Å². The Morgan fingerprint density at radius 3 is 2.42 bits per heavy atom. The van der Waals surface area contributed by atoms with Crippen LogP contribution in [0.15, 0.2) is 70.6 Å². The number of carbonyl (C=O) groups is 1. The number of aromatic nitrogens is 1. The lowest BCUT2D eigenvalue weighted by Gasteiger charge is -2.36. The molecule has 2 unspecified atom stereocenters. The molecule has 0 N–H and O–H groups in total. The van der Waals surface area contributed by atoms with Crippen molar-refractivity contribution < 1.29 is 17.9 Å². The highest BCUT2D eigenvalue weighted by Crippen LogP contribution is 2.38. The minimum atomic E-state index is -3.64. The molecule has 2 aromatic carbocycles. The van der Waals surface area contributed by atoms with E-state index in [4.69, 9.17) is 4.74 Å². The van der Waals surface area contributed by atoms with Gasteiger partial charge in [-0.25, -0.2) is 13.2 Å². The van der Waals surface area contributed by atoms with Crippen LogP contribution < -0.4 is 4.90 Å². The predicted octanol–water partition coefficient (Wildman–Crippen LogP) is 4.27. The lowest BCUT2D eigenvalue weighted by atomic mass is 10.1. The number of para-hydroxylation sites is 1. The van der Waals surface area contributed by atoms with Gasteiger partial charge in [0.25, 0.3) is 0 Å². The molecular formula is C25H27N3O4S. The van der Waals surface area contributed by atoms with Gasteiger partial charge < -0.3 is 14.5 Å². The van der Waals surface area contributed by atoms with Crippen molar-refractivity contribution in [3.8, 4) is 0 Å². The Bertz CT molecular complexity index is 1320. The summed E-state index contributed by atoms with van der Waals surface area (Å²) in [7, 11) is -3.64. The third kappa shape index (κ3) is 3.93. The number of amides is 1. The number of benzene rings is 2. The fraction of sp³-hybridized carbons (Fsp3) is 0.360. The lowest BCUT2D eigenvalue weighted by molar-refractivity contribution is 0.0215. The molecule has 2 bridgehead atoms. The van der Waals surface area contributed by atoms with Crippen molar-refractivity contribution in [1.29, 1.82) is 0 Å². The van der Waals surface area contributed by atoms with E-state index in [0.717, 1.165) is 23.0 Å². The van der Waals surface area contributed by atoms with Crippen molar-refractivity contribution in [2.75, 3.05) is 18.0 Å². The summed E-state index contributed by atoms with van der Waals surface area (Å²) < 4.78 is 31.6. The number of hydrogen-bond donors (Lipinski definition) is 0. The maximum atomic E-state index is 13.0. The van der Waals surface area contributed by atoms with Crippen LogP contribution in [-0.2, 0) is 14.6 Å². The first kappa shape index (κ1) is 21.7. The zero-order chi connectivity index (χ0) is 23.4. The first-order valence-electron chi connectivity index (χ1n) is 11.1. The van der Waals surface area contributed by atoms with Crippen molar-refractivity contribution in [2.45, 2.75) is 54.7 Å². The Morgan fingerprint density at radius 2 is 1.76 bits per heavy atom. The summed E-state index contributed by atoms with van der Waals surface area (Å²) in [6.07, 6.45) is 2.06. The Kier molecular flexibility index (Phi) is 5.08. The zero-order valence-electron chi connectivity index (χ0n) is 18.9. The van der Waals surface area contributed by atoms with Crippen molar-refractivity contribution >= 4 is 32.5 Å². The van der Waals surface area contributed by atoms with Gasteiger partial charge in [0, 0.05) is 30.7 Å². The van der Waals surface area contributed by atoms with Crippen molar-refractivity contribution in [3.05, 3.63) is 60.8 Å². The van der Waals surface area contributed by atoms with Crippen LogP contribution in [0, 0.1) is 0 Å². The second-order valence-corrected chi connectivity index (χ2v) is 11.6. The summed E-state index contributed by atoms with van der Waals surface area (Å²) in [4.78, 5) is 21.7. The van der Waals surface area contributed by atoms with E-state index >= 15 is 0 Å². The zero-order valence-corrected chi connectivity index (χ0v) is 19.7. The SMILES string of the molecule is CC(C)(C)OC(=O)N1CC2CC1CN2c1cccc2cc(S(=O)(=O)c3ccccc3)cnc12. The topological polar surface area (TPSA) is 79.8 Å². The number of likely N-dealkylation sites (tertiary alicyclic amines) is 1. The van der Waals surface area contributed by atoms with E-state index < -0.39 is 15.4 Å². The molecule has 5 rings (SSSR count). The van der Waals surface area contributed by atoms with Gasteiger partial charge in [-0.05, 0) is 51.5 Å². The molecule has 2 saturated heterocycles. The van der Waals surface area contributed by atoms with Crippen LogP contribution in [0.25, 0.3) is 10.9 Å². The van der Waals surface area contributed by atoms with E-state index in [1.165, 1.54) is 6.20 Å². The van der Waals surface area contributed by atoms with Crippen LogP contribution in [0.2, 0.25) is 0 Å². The number of piperazine rings is 1. The minimum Gasteiger partial charge on any atom is -0.444 e. The van der Waals surface area contributed by atoms with E-state index in [-0.39, 0.29) is 28.0 Å². The largest absolute Gasteiger partial charge is 0.444 e. The average Bonchev–Trinajstić information content (AvgIpc) is 3.39. The Hall–Kier alpha value is -3.13.